The summed E-state index contributed by atoms with van der Waals surface area (Å²) in [5.41, 5.74) is 2.06. The summed E-state index contributed by atoms with van der Waals surface area (Å²) in [5.74, 6) is -0.247. The second-order valence-electron chi connectivity index (χ2n) is 4.22. The molecule has 1 unspecified atom stereocenters. The second kappa shape index (κ2) is 5.85. The van der Waals surface area contributed by atoms with Gasteiger partial charge in [-0.25, -0.2) is 4.39 Å². The number of nitrogens with zero attached hydrogens (tertiary/aromatic N) is 1. The molecule has 0 fully saturated rings. The van der Waals surface area contributed by atoms with Crippen molar-refractivity contribution in [3.05, 3.63) is 63.9 Å². The molecule has 0 bridgehead atoms. The van der Waals surface area contributed by atoms with Gasteiger partial charge in [-0.1, -0.05) is 22.0 Å². The van der Waals surface area contributed by atoms with Crippen LogP contribution in [0.5, 0.6) is 0 Å². The van der Waals surface area contributed by atoms with Crippen molar-refractivity contribution in [3.8, 4) is 6.07 Å². The number of rotatable bonds is 3. The van der Waals surface area contributed by atoms with Crippen LogP contribution in [-0.4, -0.2) is 0 Å². The molecule has 0 aliphatic heterocycles. The van der Waals surface area contributed by atoms with E-state index in [2.05, 4.69) is 27.3 Å². The zero-order valence-electron chi connectivity index (χ0n) is 10.3. The van der Waals surface area contributed by atoms with Crippen LogP contribution in [0.25, 0.3) is 0 Å². The summed E-state index contributed by atoms with van der Waals surface area (Å²) in [7, 11) is 0. The third-order valence-electron chi connectivity index (χ3n) is 2.83. The molecule has 0 spiro atoms. The highest BCUT2D eigenvalue weighted by Crippen LogP contribution is 2.24. The molecule has 0 aliphatic rings. The minimum absolute atomic E-state index is 0.152. The topological polar surface area (TPSA) is 35.8 Å². The molecule has 0 aliphatic carbocycles. The van der Waals surface area contributed by atoms with Crippen LogP contribution in [0.1, 0.15) is 24.1 Å². The normalized spacial score (nSPS) is 11.7. The molecule has 0 saturated carbocycles. The van der Waals surface area contributed by atoms with E-state index in [1.54, 1.807) is 18.2 Å². The summed E-state index contributed by atoms with van der Waals surface area (Å²) in [6.45, 7) is 1.89. The van der Waals surface area contributed by atoms with Gasteiger partial charge in [-0.05, 0) is 43.3 Å². The Morgan fingerprint density at radius 1 is 1.21 bits per heavy atom. The van der Waals surface area contributed by atoms with Crippen LogP contribution >= 0.6 is 15.9 Å². The molecule has 0 heterocycles. The summed E-state index contributed by atoms with van der Waals surface area (Å²) in [4.78, 5) is 0. The monoisotopic (exact) mass is 318 g/mol. The van der Waals surface area contributed by atoms with E-state index in [9.17, 15) is 4.39 Å². The predicted octanol–water partition coefficient (Wildman–Crippen LogP) is 4.63. The van der Waals surface area contributed by atoms with E-state index in [4.69, 9.17) is 5.26 Å². The average Bonchev–Trinajstić information content (AvgIpc) is 2.39. The van der Waals surface area contributed by atoms with Crippen molar-refractivity contribution in [1.29, 1.82) is 5.26 Å². The molecule has 0 amide bonds. The summed E-state index contributed by atoms with van der Waals surface area (Å²) < 4.78 is 14.5. The minimum Gasteiger partial charge on any atom is -0.378 e. The van der Waals surface area contributed by atoms with E-state index in [1.165, 1.54) is 6.07 Å². The van der Waals surface area contributed by atoms with Gasteiger partial charge in [0.25, 0.3) is 0 Å². The molecule has 96 valence electrons. The number of hydrogen-bond donors (Lipinski definition) is 1. The molecule has 1 atom stereocenters. The number of anilines is 1. The molecule has 2 aromatic carbocycles. The van der Waals surface area contributed by atoms with Gasteiger partial charge >= 0.3 is 0 Å². The molecule has 1 N–H and O–H groups in total. The lowest BCUT2D eigenvalue weighted by Crippen LogP contribution is -2.08. The van der Waals surface area contributed by atoms with Gasteiger partial charge in [0, 0.05) is 15.7 Å². The van der Waals surface area contributed by atoms with Gasteiger partial charge in [-0.2, -0.15) is 5.26 Å². The molecule has 0 radical (unpaired) electrons. The first-order valence-corrected chi connectivity index (χ1v) is 6.61. The summed E-state index contributed by atoms with van der Waals surface area (Å²) in [5, 5.41) is 11.9. The molecule has 4 heteroatoms. The lowest BCUT2D eigenvalue weighted by molar-refractivity contribution is 0.599. The zero-order chi connectivity index (χ0) is 13.8. The first kappa shape index (κ1) is 13.6. The third-order valence-corrected chi connectivity index (χ3v) is 3.32. The molecular formula is C15H12BrFN2. The van der Waals surface area contributed by atoms with Crippen LogP contribution in [0.3, 0.4) is 0 Å². The first-order valence-electron chi connectivity index (χ1n) is 5.82. The van der Waals surface area contributed by atoms with Crippen molar-refractivity contribution in [1.82, 2.24) is 0 Å². The van der Waals surface area contributed by atoms with Crippen LogP contribution in [0.4, 0.5) is 10.1 Å². The van der Waals surface area contributed by atoms with E-state index < -0.39 is 0 Å². The average molecular weight is 319 g/mol. The Labute approximate surface area is 120 Å². The SMILES string of the molecule is CC(Nc1ccc(C#N)cc1)c1ccc(Br)cc1F. The quantitative estimate of drug-likeness (QED) is 0.895. The van der Waals surface area contributed by atoms with Crippen LogP contribution in [-0.2, 0) is 0 Å². The van der Waals surface area contributed by atoms with Crippen LogP contribution in [0, 0.1) is 17.1 Å². The Morgan fingerprint density at radius 3 is 2.47 bits per heavy atom. The highest BCUT2D eigenvalue weighted by atomic mass is 79.9. The smallest absolute Gasteiger partial charge is 0.129 e. The third kappa shape index (κ3) is 3.33. The van der Waals surface area contributed by atoms with Crippen molar-refractivity contribution in [3.63, 3.8) is 0 Å². The zero-order valence-corrected chi connectivity index (χ0v) is 11.9. The van der Waals surface area contributed by atoms with Gasteiger partial charge in [0.05, 0.1) is 17.7 Å². The fourth-order valence-electron chi connectivity index (χ4n) is 1.82. The van der Waals surface area contributed by atoms with E-state index in [-0.39, 0.29) is 11.9 Å². The molecule has 2 rings (SSSR count). The van der Waals surface area contributed by atoms with Crippen LogP contribution < -0.4 is 5.32 Å². The fraction of sp³-hybridized carbons (Fsp3) is 0.133. The molecule has 2 aromatic rings. The summed E-state index contributed by atoms with van der Waals surface area (Å²) in [6.07, 6.45) is 0. The fourth-order valence-corrected chi connectivity index (χ4v) is 2.15. The van der Waals surface area contributed by atoms with Crippen molar-refractivity contribution in [2.75, 3.05) is 5.32 Å². The number of hydrogen-bond acceptors (Lipinski definition) is 2. The van der Waals surface area contributed by atoms with Crippen LogP contribution in [0.15, 0.2) is 46.9 Å². The van der Waals surface area contributed by atoms with Gasteiger partial charge in [0.2, 0.25) is 0 Å². The number of nitriles is 1. The Bertz CT molecular complexity index is 617. The van der Waals surface area contributed by atoms with E-state index >= 15 is 0 Å². The Kier molecular flexibility index (Phi) is 4.18. The Morgan fingerprint density at radius 2 is 1.89 bits per heavy atom. The van der Waals surface area contributed by atoms with E-state index in [0.717, 1.165) is 10.2 Å². The summed E-state index contributed by atoms with van der Waals surface area (Å²) in [6, 6.07) is 14.0. The van der Waals surface area contributed by atoms with Crippen molar-refractivity contribution in [2.45, 2.75) is 13.0 Å². The Balaban J connectivity index is 2.16. The van der Waals surface area contributed by atoms with Gasteiger partial charge in [-0.3, -0.25) is 0 Å². The Hall–Kier alpha value is -1.86. The van der Waals surface area contributed by atoms with Gasteiger partial charge in [-0.15, -0.1) is 0 Å². The summed E-state index contributed by atoms with van der Waals surface area (Å²) >= 11 is 3.24. The van der Waals surface area contributed by atoms with E-state index in [0.29, 0.717) is 11.1 Å². The lowest BCUT2D eigenvalue weighted by Gasteiger charge is -2.16. The predicted molar refractivity (Wildman–Crippen MR) is 77.3 cm³/mol. The van der Waals surface area contributed by atoms with Gasteiger partial charge < -0.3 is 5.32 Å². The van der Waals surface area contributed by atoms with Crippen molar-refractivity contribution in [2.24, 2.45) is 0 Å². The number of halogens is 2. The minimum atomic E-state index is -0.247. The van der Waals surface area contributed by atoms with Gasteiger partial charge in [0.1, 0.15) is 5.82 Å². The molecule has 2 nitrogen and oxygen atoms in total. The largest absolute Gasteiger partial charge is 0.378 e. The van der Waals surface area contributed by atoms with E-state index in [1.807, 2.05) is 25.1 Å². The first-order chi connectivity index (χ1) is 9.10. The standard InChI is InChI=1S/C15H12BrFN2/c1-10(14-7-4-12(16)8-15(14)17)19-13-5-2-11(9-18)3-6-13/h2-8,10,19H,1H3. The number of nitrogens with one attached hydrogen (secondary N) is 1. The molecule has 0 saturated heterocycles. The highest BCUT2D eigenvalue weighted by molar-refractivity contribution is 9.10. The molecule has 19 heavy (non-hydrogen) atoms. The molecular weight excluding hydrogens is 307 g/mol. The highest BCUT2D eigenvalue weighted by Gasteiger charge is 2.11. The molecule has 0 aromatic heterocycles. The lowest BCUT2D eigenvalue weighted by atomic mass is 10.1. The van der Waals surface area contributed by atoms with Crippen molar-refractivity contribution >= 4 is 21.6 Å². The van der Waals surface area contributed by atoms with Gasteiger partial charge in [0.15, 0.2) is 0 Å². The maximum absolute atomic E-state index is 13.8. The maximum Gasteiger partial charge on any atom is 0.129 e. The maximum atomic E-state index is 13.8. The number of benzene rings is 2. The van der Waals surface area contributed by atoms with Crippen molar-refractivity contribution < 1.29 is 4.39 Å². The second-order valence-corrected chi connectivity index (χ2v) is 5.14. The van der Waals surface area contributed by atoms with Crippen LogP contribution in [0.2, 0.25) is 0 Å².